The van der Waals surface area contributed by atoms with E-state index in [-0.39, 0.29) is 5.78 Å². The molecule has 86 valence electrons. The molecule has 1 aromatic rings. The molecule has 0 bridgehead atoms. The first-order valence-electron chi connectivity index (χ1n) is 6.30. The highest BCUT2D eigenvalue weighted by atomic mass is 16.1. The van der Waals surface area contributed by atoms with Gasteiger partial charge in [-0.3, -0.25) is 4.79 Å². The Bertz CT molecular complexity index is 482. The largest absolute Gasteiger partial charge is 0.294 e. The predicted octanol–water partition coefficient (Wildman–Crippen LogP) is 3.32. The Labute approximate surface area is 102 Å². The van der Waals surface area contributed by atoms with E-state index in [0.29, 0.717) is 18.3 Å². The lowest BCUT2D eigenvalue weighted by Crippen LogP contribution is -2.25. The van der Waals surface area contributed by atoms with Crippen molar-refractivity contribution in [2.75, 3.05) is 0 Å². The van der Waals surface area contributed by atoms with Crippen molar-refractivity contribution in [3.05, 3.63) is 59.7 Å². The molecule has 2 unspecified atom stereocenters. The van der Waals surface area contributed by atoms with Gasteiger partial charge in [0.2, 0.25) is 0 Å². The van der Waals surface area contributed by atoms with E-state index in [1.54, 1.807) is 0 Å². The summed E-state index contributed by atoms with van der Waals surface area (Å²) < 4.78 is 0. The number of fused-ring (bicyclic) bond motifs is 1. The number of Topliss-reactive ketones (excluding diaryl/α,β-unsaturated/α-hetero) is 1. The van der Waals surface area contributed by atoms with Gasteiger partial charge in [-0.05, 0) is 30.2 Å². The van der Waals surface area contributed by atoms with E-state index in [1.807, 2.05) is 36.4 Å². The van der Waals surface area contributed by atoms with Gasteiger partial charge in [0.05, 0.1) is 0 Å². The van der Waals surface area contributed by atoms with Crippen LogP contribution in [0.15, 0.2) is 54.1 Å². The summed E-state index contributed by atoms with van der Waals surface area (Å²) >= 11 is 0. The highest BCUT2D eigenvalue weighted by molar-refractivity contribution is 5.99. The third-order valence-corrected chi connectivity index (χ3v) is 3.83. The third-order valence-electron chi connectivity index (χ3n) is 3.83. The molecule has 3 rings (SSSR count). The van der Waals surface area contributed by atoms with Gasteiger partial charge in [0, 0.05) is 12.0 Å². The smallest absolute Gasteiger partial charge is 0.166 e. The van der Waals surface area contributed by atoms with Crippen molar-refractivity contribution in [2.45, 2.75) is 19.3 Å². The first-order chi connectivity index (χ1) is 8.33. The quantitative estimate of drug-likeness (QED) is 0.769. The van der Waals surface area contributed by atoms with Crippen LogP contribution in [0.25, 0.3) is 0 Å². The van der Waals surface area contributed by atoms with Crippen LogP contribution in [0.4, 0.5) is 0 Å². The van der Waals surface area contributed by atoms with E-state index in [0.717, 1.165) is 11.1 Å². The molecule has 0 aromatic heterocycles. The maximum Gasteiger partial charge on any atom is 0.166 e. The molecule has 2 aliphatic rings. The van der Waals surface area contributed by atoms with Gasteiger partial charge in [-0.1, -0.05) is 48.6 Å². The summed E-state index contributed by atoms with van der Waals surface area (Å²) in [5.41, 5.74) is 2.01. The van der Waals surface area contributed by atoms with Gasteiger partial charge in [0.25, 0.3) is 0 Å². The van der Waals surface area contributed by atoms with Crippen molar-refractivity contribution in [1.82, 2.24) is 0 Å². The SMILES string of the molecule is O=C(Cc1ccccc1)C1=CC2CCC2C=C1. The third kappa shape index (κ3) is 2.10. The van der Waals surface area contributed by atoms with Crippen LogP contribution in [0, 0.1) is 11.8 Å². The van der Waals surface area contributed by atoms with Gasteiger partial charge in [-0.15, -0.1) is 0 Å². The van der Waals surface area contributed by atoms with Crippen molar-refractivity contribution in [2.24, 2.45) is 11.8 Å². The molecule has 1 nitrogen and oxygen atoms in total. The first-order valence-corrected chi connectivity index (χ1v) is 6.30. The maximum absolute atomic E-state index is 12.1. The summed E-state index contributed by atoms with van der Waals surface area (Å²) in [4.78, 5) is 12.1. The zero-order valence-corrected chi connectivity index (χ0v) is 9.80. The minimum absolute atomic E-state index is 0.248. The number of hydrogen-bond acceptors (Lipinski definition) is 1. The molecular weight excluding hydrogens is 208 g/mol. The summed E-state index contributed by atoms with van der Waals surface area (Å²) in [6.45, 7) is 0. The number of carbonyl (C=O) groups excluding carboxylic acids is 1. The van der Waals surface area contributed by atoms with Crippen molar-refractivity contribution < 1.29 is 4.79 Å². The average Bonchev–Trinajstić information content (AvgIpc) is 2.32. The molecule has 0 aliphatic heterocycles. The van der Waals surface area contributed by atoms with Gasteiger partial charge in [0.15, 0.2) is 5.78 Å². The Balaban J connectivity index is 1.71. The monoisotopic (exact) mass is 224 g/mol. The van der Waals surface area contributed by atoms with Gasteiger partial charge in [0.1, 0.15) is 0 Å². The summed E-state index contributed by atoms with van der Waals surface area (Å²) in [6.07, 6.45) is 9.47. The second-order valence-corrected chi connectivity index (χ2v) is 4.97. The number of benzene rings is 1. The lowest BCUT2D eigenvalue weighted by molar-refractivity contribution is -0.114. The molecule has 2 aliphatic carbocycles. The van der Waals surface area contributed by atoms with Crippen LogP contribution in [-0.2, 0) is 11.2 Å². The number of rotatable bonds is 3. The first kappa shape index (κ1) is 10.5. The highest BCUT2D eigenvalue weighted by Gasteiger charge is 2.30. The van der Waals surface area contributed by atoms with Crippen LogP contribution in [-0.4, -0.2) is 5.78 Å². The average molecular weight is 224 g/mol. The number of hydrogen-bond donors (Lipinski definition) is 0. The zero-order valence-electron chi connectivity index (χ0n) is 9.80. The lowest BCUT2D eigenvalue weighted by atomic mass is 9.70. The normalized spacial score (nSPS) is 25.8. The number of ketones is 1. The minimum atomic E-state index is 0.248. The summed E-state index contributed by atoms with van der Waals surface area (Å²) in [7, 11) is 0. The van der Waals surface area contributed by atoms with Crippen molar-refractivity contribution in [3.8, 4) is 0 Å². The predicted molar refractivity (Wildman–Crippen MR) is 68.6 cm³/mol. The Hall–Kier alpha value is -1.63. The Kier molecular flexibility index (Phi) is 2.68. The van der Waals surface area contributed by atoms with E-state index in [4.69, 9.17) is 0 Å². The van der Waals surface area contributed by atoms with Crippen LogP contribution < -0.4 is 0 Å². The Morgan fingerprint density at radius 1 is 1.12 bits per heavy atom. The van der Waals surface area contributed by atoms with Gasteiger partial charge < -0.3 is 0 Å². The molecule has 2 atom stereocenters. The molecule has 1 aromatic carbocycles. The van der Waals surface area contributed by atoms with E-state index in [9.17, 15) is 4.79 Å². The van der Waals surface area contributed by atoms with E-state index >= 15 is 0 Å². The molecule has 0 saturated heterocycles. The van der Waals surface area contributed by atoms with Crippen molar-refractivity contribution in [3.63, 3.8) is 0 Å². The van der Waals surface area contributed by atoms with Crippen LogP contribution in [0.2, 0.25) is 0 Å². The highest BCUT2D eigenvalue weighted by Crippen LogP contribution is 2.40. The molecule has 0 N–H and O–H groups in total. The summed E-state index contributed by atoms with van der Waals surface area (Å²) in [5, 5.41) is 0. The van der Waals surface area contributed by atoms with Gasteiger partial charge >= 0.3 is 0 Å². The molecule has 0 amide bonds. The van der Waals surface area contributed by atoms with Gasteiger partial charge in [-0.2, -0.15) is 0 Å². The van der Waals surface area contributed by atoms with Crippen LogP contribution >= 0.6 is 0 Å². The number of carbonyl (C=O) groups is 1. The van der Waals surface area contributed by atoms with E-state index < -0.39 is 0 Å². The fraction of sp³-hybridized carbons (Fsp3) is 0.312. The number of allylic oxidation sites excluding steroid dienone is 4. The van der Waals surface area contributed by atoms with Crippen LogP contribution in [0.3, 0.4) is 0 Å². The maximum atomic E-state index is 12.1. The lowest BCUT2D eigenvalue weighted by Gasteiger charge is -2.35. The Morgan fingerprint density at radius 2 is 1.88 bits per heavy atom. The molecule has 17 heavy (non-hydrogen) atoms. The fourth-order valence-corrected chi connectivity index (χ4v) is 2.58. The summed E-state index contributed by atoms with van der Waals surface area (Å²) in [5.74, 6) is 1.59. The van der Waals surface area contributed by atoms with Crippen LogP contribution in [0.5, 0.6) is 0 Å². The van der Waals surface area contributed by atoms with E-state index in [1.165, 1.54) is 12.8 Å². The second kappa shape index (κ2) is 4.33. The topological polar surface area (TPSA) is 17.1 Å². The molecule has 0 heterocycles. The standard InChI is InChI=1S/C16H16O/c17-16(10-12-4-2-1-3-5-12)15-9-7-13-6-8-14(13)11-15/h1-5,7,9,11,13-14H,6,8,10H2. The second-order valence-electron chi connectivity index (χ2n) is 4.97. The molecule has 1 fully saturated rings. The van der Waals surface area contributed by atoms with E-state index in [2.05, 4.69) is 12.2 Å². The molecule has 1 heteroatoms. The Morgan fingerprint density at radius 3 is 2.53 bits per heavy atom. The summed E-state index contributed by atoms with van der Waals surface area (Å²) in [6, 6.07) is 9.96. The minimum Gasteiger partial charge on any atom is -0.294 e. The molecular formula is C16H16O. The molecule has 0 spiro atoms. The van der Waals surface area contributed by atoms with Crippen LogP contribution in [0.1, 0.15) is 18.4 Å². The van der Waals surface area contributed by atoms with Gasteiger partial charge in [-0.25, -0.2) is 0 Å². The fourth-order valence-electron chi connectivity index (χ4n) is 2.58. The molecule has 1 saturated carbocycles. The zero-order chi connectivity index (χ0) is 11.7. The van der Waals surface area contributed by atoms with Crippen molar-refractivity contribution in [1.29, 1.82) is 0 Å². The van der Waals surface area contributed by atoms with Crippen molar-refractivity contribution >= 4 is 5.78 Å². The molecule has 0 radical (unpaired) electrons.